The molecule has 0 spiro atoms. The van der Waals surface area contributed by atoms with Crippen molar-refractivity contribution >= 4 is 24.2 Å². The van der Waals surface area contributed by atoms with Crippen LogP contribution in [0.25, 0.3) is 0 Å². The van der Waals surface area contributed by atoms with Crippen LogP contribution < -0.4 is 0 Å². The number of hydrogen-bond donors (Lipinski definition) is 0. The van der Waals surface area contributed by atoms with Gasteiger partial charge < -0.3 is 0 Å². The van der Waals surface area contributed by atoms with Gasteiger partial charge in [0, 0.05) is 6.42 Å². The molecular weight excluding hydrogens is 204 g/mol. The number of aliphatic imine (C=N–C) groups is 1. The van der Waals surface area contributed by atoms with Crippen molar-refractivity contribution in [2.75, 3.05) is 6.54 Å². The van der Waals surface area contributed by atoms with Gasteiger partial charge in [-0.15, -0.1) is 0 Å². The summed E-state index contributed by atoms with van der Waals surface area (Å²) in [6.45, 7) is 0.501. The van der Waals surface area contributed by atoms with Crippen LogP contribution in [0.2, 0.25) is 0 Å². The van der Waals surface area contributed by atoms with Crippen LogP contribution in [0.5, 0.6) is 0 Å². The minimum atomic E-state index is -0.699. The van der Waals surface area contributed by atoms with Gasteiger partial charge in [0.15, 0.2) is 12.8 Å². The third-order valence-corrected chi connectivity index (χ3v) is 2.37. The average Bonchev–Trinajstić information content (AvgIpc) is 2.32. The molecular formula is C12H11N2O2+. The van der Waals surface area contributed by atoms with Crippen LogP contribution in [0, 0.1) is 0 Å². The Balaban J connectivity index is 2.01. The molecule has 0 saturated heterocycles. The Labute approximate surface area is 92.9 Å². The van der Waals surface area contributed by atoms with Crippen molar-refractivity contribution in [3.05, 3.63) is 35.9 Å². The molecule has 2 amide bonds. The van der Waals surface area contributed by atoms with E-state index in [4.69, 9.17) is 0 Å². The molecule has 80 valence electrons. The zero-order chi connectivity index (χ0) is 11.4. The van der Waals surface area contributed by atoms with Crippen LogP contribution in [0.1, 0.15) is 5.56 Å². The van der Waals surface area contributed by atoms with E-state index in [0.717, 1.165) is 12.0 Å². The van der Waals surface area contributed by atoms with Gasteiger partial charge in [0.25, 0.3) is 0 Å². The quantitative estimate of drug-likeness (QED) is 0.543. The third kappa shape index (κ3) is 2.28. The molecule has 2 rings (SSSR count). The van der Waals surface area contributed by atoms with Crippen molar-refractivity contribution in [3.63, 3.8) is 0 Å². The lowest BCUT2D eigenvalue weighted by atomic mass is 10.1. The normalized spacial score (nSPS) is 15.1. The Morgan fingerprint density at radius 2 is 1.88 bits per heavy atom. The summed E-state index contributed by atoms with van der Waals surface area (Å²) in [4.78, 5) is 25.8. The molecule has 0 fully saturated rings. The predicted octanol–water partition coefficient (Wildman–Crippen LogP) is 0.450. The molecule has 1 heterocycles. The number of nitrogens with zero attached hydrogens (tertiary/aromatic N) is 2. The molecule has 0 unspecified atom stereocenters. The van der Waals surface area contributed by atoms with Crippen LogP contribution in [0.3, 0.4) is 0 Å². The second-order valence-corrected chi connectivity index (χ2v) is 3.47. The molecule has 0 radical (unpaired) electrons. The summed E-state index contributed by atoms with van der Waals surface area (Å²) in [7, 11) is 0. The second kappa shape index (κ2) is 4.61. The first-order valence-corrected chi connectivity index (χ1v) is 5.04. The van der Waals surface area contributed by atoms with Crippen molar-refractivity contribution in [1.29, 1.82) is 0 Å². The highest BCUT2D eigenvalue weighted by Crippen LogP contribution is 2.00. The first-order chi connectivity index (χ1) is 7.77. The van der Waals surface area contributed by atoms with E-state index in [9.17, 15) is 9.59 Å². The fourth-order valence-electron chi connectivity index (χ4n) is 1.50. The molecule has 1 aliphatic rings. The maximum absolute atomic E-state index is 11.4. The van der Waals surface area contributed by atoms with Gasteiger partial charge in [-0.05, 0) is 5.56 Å². The smallest absolute Gasteiger partial charge is 0.255 e. The lowest BCUT2D eigenvalue weighted by Crippen LogP contribution is -2.33. The van der Waals surface area contributed by atoms with E-state index in [-0.39, 0.29) is 0 Å². The molecule has 0 bridgehead atoms. The molecule has 1 aromatic carbocycles. The molecule has 4 heteroatoms. The van der Waals surface area contributed by atoms with E-state index < -0.39 is 11.8 Å². The van der Waals surface area contributed by atoms with Crippen molar-refractivity contribution in [3.8, 4) is 0 Å². The molecule has 16 heavy (non-hydrogen) atoms. The molecule has 4 nitrogen and oxygen atoms in total. The molecule has 0 aromatic heterocycles. The number of benzene rings is 1. The fourth-order valence-corrected chi connectivity index (χ4v) is 1.50. The van der Waals surface area contributed by atoms with E-state index in [1.165, 1.54) is 17.0 Å². The van der Waals surface area contributed by atoms with Gasteiger partial charge >= 0.3 is 11.8 Å². The highest BCUT2D eigenvalue weighted by Gasteiger charge is 2.28. The Bertz CT molecular complexity index is 475. The molecule has 0 N–H and O–H groups in total. The van der Waals surface area contributed by atoms with Crippen molar-refractivity contribution in [2.24, 2.45) is 4.99 Å². The Morgan fingerprint density at radius 1 is 1.12 bits per heavy atom. The van der Waals surface area contributed by atoms with Crippen LogP contribution in [-0.2, 0) is 16.0 Å². The SMILES string of the molecule is O=C1N=CC=[N+](CCc2ccccc2)C1=O. The van der Waals surface area contributed by atoms with Crippen molar-refractivity contribution < 1.29 is 14.2 Å². The van der Waals surface area contributed by atoms with Gasteiger partial charge in [-0.25, -0.2) is 9.79 Å². The number of rotatable bonds is 3. The number of hydrogen-bond acceptors (Lipinski definition) is 2. The van der Waals surface area contributed by atoms with Crippen LogP contribution in [0.15, 0.2) is 35.3 Å². The summed E-state index contributed by atoms with van der Waals surface area (Å²) >= 11 is 0. The predicted molar refractivity (Wildman–Crippen MR) is 59.8 cm³/mol. The summed E-state index contributed by atoms with van der Waals surface area (Å²) in [5.41, 5.74) is 1.14. The maximum Gasteiger partial charge on any atom is 0.479 e. The highest BCUT2D eigenvalue weighted by atomic mass is 16.2. The lowest BCUT2D eigenvalue weighted by Gasteiger charge is -2.01. The van der Waals surface area contributed by atoms with Gasteiger partial charge in [-0.1, -0.05) is 30.3 Å². The summed E-state index contributed by atoms with van der Waals surface area (Å²) in [6, 6.07) is 9.82. The van der Waals surface area contributed by atoms with Crippen LogP contribution in [0.4, 0.5) is 0 Å². The second-order valence-electron chi connectivity index (χ2n) is 3.47. The monoisotopic (exact) mass is 215 g/mol. The van der Waals surface area contributed by atoms with Gasteiger partial charge in [0.2, 0.25) is 0 Å². The molecule has 0 aliphatic carbocycles. The summed E-state index contributed by atoms with van der Waals surface area (Å²) in [5, 5.41) is 0. The van der Waals surface area contributed by atoms with Crippen LogP contribution in [-0.4, -0.2) is 35.4 Å². The molecule has 0 atom stereocenters. The minimum Gasteiger partial charge on any atom is -0.255 e. The molecule has 1 aliphatic heterocycles. The Kier molecular flexibility index (Phi) is 3.00. The summed E-state index contributed by atoms with van der Waals surface area (Å²) in [6.07, 6.45) is 3.62. The largest absolute Gasteiger partial charge is 0.479 e. The third-order valence-electron chi connectivity index (χ3n) is 2.37. The lowest BCUT2D eigenvalue weighted by molar-refractivity contribution is -0.437. The zero-order valence-electron chi connectivity index (χ0n) is 8.67. The van der Waals surface area contributed by atoms with Gasteiger partial charge in [0.1, 0.15) is 0 Å². The highest BCUT2D eigenvalue weighted by molar-refractivity contribution is 6.39. The topological polar surface area (TPSA) is 49.5 Å². The first kappa shape index (κ1) is 10.4. The summed E-state index contributed by atoms with van der Waals surface area (Å²) in [5.74, 6) is -1.26. The molecule has 0 saturated carbocycles. The maximum atomic E-state index is 11.4. The van der Waals surface area contributed by atoms with Crippen molar-refractivity contribution in [2.45, 2.75) is 6.42 Å². The Morgan fingerprint density at radius 3 is 2.62 bits per heavy atom. The van der Waals surface area contributed by atoms with E-state index in [2.05, 4.69) is 4.99 Å². The van der Waals surface area contributed by atoms with E-state index in [1.807, 2.05) is 30.3 Å². The van der Waals surface area contributed by atoms with Gasteiger partial charge in [-0.3, -0.25) is 4.79 Å². The fraction of sp³-hybridized carbons (Fsp3) is 0.167. The van der Waals surface area contributed by atoms with E-state index in [1.54, 1.807) is 0 Å². The minimum absolute atomic E-state index is 0.501. The standard InChI is InChI=1S/C12H11N2O2/c15-11-12(16)14(9-7-13-11)8-6-10-4-2-1-3-5-10/h1-5,7,9H,6,8H2/q+1. The van der Waals surface area contributed by atoms with Gasteiger partial charge in [-0.2, -0.15) is 4.58 Å². The zero-order valence-corrected chi connectivity index (χ0v) is 8.67. The van der Waals surface area contributed by atoms with E-state index >= 15 is 0 Å². The Hall–Kier alpha value is -2.10. The van der Waals surface area contributed by atoms with E-state index in [0.29, 0.717) is 6.54 Å². The average molecular weight is 215 g/mol. The number of amides is 2. The van der Waals surface area contributed by atoms with Crippen molar-refractivity contribution in [1.82, 2.24) is 0 Å². The first-order valence-electron chi connectivity index (χ1n) is 5.04. The number of carbonyl (C=O) groups excluding carboxylic acids is 2. The van der Waals surface area contributed by atoms with Crippen LogP contribution >= 0.6 is 0 Å². The number of carbonyl (C=O) groups is 2. The summed E-state index contributed by atoms with van der Waals surface area (Å²) < 4.78 is 1.39. The molecule has 1 aromatic rings. The van der Waals surface area contributed by atoms with Gasteiger partial charge in [0.05, 0.1) is 6.21 Å².